The van der Waals surface area contributed by atoms with Crippen LogP contribution in [0.15, 0.2) is 61.0 Å². The maximum Gasteiger partial charge on any atom is 0.337 e. The van der Waals surface area contributed by atoms with Crippen LogP contribution in [-0.4, -0.2) is 23.8 Å². The minimum atomic E-state index is -0.768. The number of hydrogen-bond acceptors (Lipinski definition) is 7. The normalized spacial score (nSPS) is 10.8. The monoisotopic (exact) mass is 373 g/mol. The lowest BCUT2D eigenvalue weighted by Gasteiger charge is -2.10. The van der Waals surface area contributed by atoms with Gasteiger partial charge in [-0.05, 0) is 11.4 Å². The van der Waals surface area contributed by atoms with Crippen molar-refractivity contribution in [1.82, 2.24) is 23.8 Å². The van der Waals surface area contributed by atoms with Gasteiger partial charge in [0.25, 0.3) is 0 Å². The van der Waals surface area contributed by atoms with Gasteiger partial charge in [-0.15, -0.1) is 13.2 Å². The molecule has 3 rings (SSSR count). The second-order valence-electron chi connectivity index (χ2n) is 5.26. The van der Waals surface area contributed by atoms with Crippen LogP contribution in [0.4, 0.5) is 0 Å². The highest BCUT2D eigenvalue weighted by Gasteiger charge is 2.17. The Bertz CT molecular complexity index is 1070. The van der Waals surface area contributed by atoms with Crippen molar-refractivity contribution in [2.75, 3.05) is 0 Å². The Kier molecular flexibility index (Phi) is 4.94. The molecule has 9 nitrogen and oxygen atoms in total. The molecule has 0 atom stereocenters. The molecule has 3 heterocycles. The van der Waals surface area contributed by atoms with Gasteiger partial charge >= 0.3 is 17.1 Å². The van der Waals surface area contributed by atoms with Crippen molar-refractivity contribution >= 4 is 11.3 Å². The Morgan fingerprint density at radius 1 is 1.04 bits per heavy atom. The van der Waals surface area contributed by atoms with Crippen LogP contribution >= 0.6 is 11.3 Å². The summed E-state index contributed by atoms with van der Waals surface area (Å²) in [5.41, 5.74) is -1.48. The van der Waals surface area contributed by atoms with Crippen LogP contribution in [0.2, 0.25) is 0 Å². The number of thiophene rings is 1. The largest absolute Gasteiger partial charge is 0.337 e. The van der Waals surface area contributed by atoms with Crippen molar-refractivity contribution < 1.29 is 4.52 Å². The fourth-order valence-corrected chi connectivity index (χ4v) is 2.99. The number of allylic oxidation sites excluding steroid dienone is 2. The first-order valence-electron chi connectivity index (χ1n) is 7.58. The Hall–Kier alpha value is -3.27. The fraction of sp³-hybridized carbons (Fsp3) is 0.188. The van der Waals surface area contributed by atoms with E-state index < -0.39 is 17.1 Å². The molecule has 0 unspecified atom stereocenters. The first-order valence-corrected chi connectivity index (χ1v) is 8.52. The zero-order chi connectivity index (χ0) is 18.7. The van der Waals surface area contributed by atoms with Crippen LogP contribution in [0, 0.1) is 0 Å². The molecule has 0 aliphatic heterocycles. The summed E-state index contributed by atoms with van der Waals surface area (Å²) in [6, 6.07) is 1.83. The summed E-state index contributed by atoms with van der Waals surface area (Å²) in [5.74, 6) is 0.444. The van der Waals surface area contributed by atoms with Crippen LogP contribution in [-0.2, 0) is 19.6 Å². The first kappa shape index (κ1) is 17.5. The fourth-order valence-electron chi connectivity index (χ4n) is 2.35. The third-order valence-electron chi connectivity index (χ3n) is 3.55. The summed E-state index contributed by atoms with van der Waals surface area (Å²) in [5, 5.41) is 7.56. The Balaban J connectivity index is 2.08. The average molecular weight is 373 g/mol. The topological polar surface area (TPSA) is 105 Å². The van der Waals surface area contributed by atoms with Gasteiger partial charge in [-0.2, -0.15) is 16.3 Å². The van der Waals surface area contributed by atoms with Gasteiger partial charge in [-0.25, -0.2) is 28.1 Å². The molecule has 0 aliphatic rings. The maximum atomic E-state index is 12.5. The molecule has 0 amide bonds. The van der Waals surface area contributed by atoms with Crippen molar-refractivity contribution in [3.8, 4) is 11.4 Å². The lowest BCUT2D eigenvalue weighted by atomic mass is 10.3. The maximum absolute atomic E-state index is 12.5. The van der Waals surface area contributed by atoms with E-state index in [0.29, 0.717) is 5.82 Å². The highest BCUT2D eigenvalue weighted by atomic mass is 32.1. The standard InChI is InChI=1S/C16H15N5O4S/c1-3-6-19-14(22)20(7-4-2)16(24)21(15(19)23)9-12-17-13(18-25-12)11-5-8-26-10-11/h3-5,8,10H,1-2,6-7,9H2. The third kappa shape index (κ3) is 3.14. The van der Waals surface area contributed by atoms with E-state index in [-0.39, 0.29) is 25.5 Å². The highest BCUT2D eigenvalue weighted by molar-refractivity contribution is 7.08. The predicted octanol–water partition coefficient (Wildman–Crippen LogP) is 0.703. The van der Waals surface area contributed by atoms with Crippen molar-refractivity contribution in [3.63, 3.8) is 0 Å². The summed E-state index contributed by atoms with van der Waals surface area (Å²) in [7, 11) is 0. The Morgan fingerprint density at radius 3 is 2.19 bits per heavy atom. The van der Waals surface area contributed by atoms with Gasteiger partial charge in [-0.1, -0.05) is 17.3 Å². The van der Waals surface area contributed by atoms with Crippen LogP contribution in [0.1, 0.15) is 5.89 Å². The van der Waals surface area contributed by atoms with E-state index in [4.69, 9.17) is 4.52 Å². The van der Waals surface area contributed by atoms with Crippen LogP contribution in [0.25, 0.3) is 11.4 Å². The van der Waals surface area contributed by atoms with E-state index in [0.717, 1.165) is 19.3 Å². The summed E-state index contributed by atoms with van der Waals surface area (Å²) in [6.07, 6.45) is 2.80. The average Bonchev–Trinajstić information content (AvgIpc) is 3.30. The van der Waals surface area contributed by atoms with E-state index in [9.17, 15) is 14.4 Å². The number of aromatic nitrogens is 5. The minimum Gasteiger partial charge on any atom is -0.337 e. The number of hydrogen-bond donors (Lipinski definition) is 0. The second kappa shape index (κ2) is 7.31. The van der Waals surface area contributed by atoms with E-state index in [1.165, 1.54) is 23.5 Å². The van der Waals surface area contributed by atoms with Crippen LogP contribution in [0.3, 0.4) is 0 Å². The van der Waals surface area contributed by atoms with Crippen molar-refractivity contribution in [2.45, 2.75) is 19.6 Å². The molecule has 3 aromatic rings. The molecular formula is C16H15N5O4S. The molecule has 3 aromatic heterocycles. The molecule has 0 N–H and O–H groups in total. The molecular weight excluding hydrogens is 358 g/mol. The van der Waals surface area contributed by atoms with Gasteiger partial charge in [0.1, 0.15) is 6.54 Å². The summed E-state index contributed by atoms with van der Waals surface area (Å²) in [4.78, 5) is 41.6. The van der Waals surface area contributed by atoms with Gasteiger partial charge in [0.05, 0.1) is 13.1 Å². The highest BCUT2D eigenvalue weighted by Crippen LogP contribution is 2.18. The molecule has 0 bridgehead atoms. The zero-order valence-electron chi connectivity index (χ0n) is 13.7. The van der Waals surface area contributed by atoms with E-state index in [2.05, 4.69) is 23.3 Å². The molecule has 0 spiro atoms. The summed E-state index contributed by atoms with van der Waals surface area (Å²) >= 11 is 1.48. The molecule has 0 fully saturated rings. The molecule has 26 heavy (non-hydrogen) atoms. The molecule has 0 saturated carbocycles. The lowest BCUT2D eigenvalue weighted by molar-refractivity contribution is 0.360. The Labute approximate surface area is 150 Å². The number of rotatable bonds is 7. The van der Waals surface area contributed by atoms with E-state index in [1.54, 1.807) is 0 Å². The SMILES string of the molecule is C=CCn1c(=O)n(CC=C)c(=O)n(Cc2nc(-c3ccsc3)no2)c1=O. The van der Waals surface area contributed by atoms with Gasteiger partial charge in [-0.3, -0.25) is 0 Å². The molecule has 0 aliphatic carbocycles. The van der Waals surface area contributed by atoms with Crippen molar-refractivity contribution in [2.24, 2.45) is 0 Å². The number of nitrogens with zero attached hydrogens (tertiary/aromatic N) is 5. The zero-order valence-corrected chi connectivity index (χ0v) is 14.5. The molecule has 134 valence electrons. The third-order valence-corrected chi connectivity index (χ3v) is 4.23. The summed E-state index contributed by atoms with van der Waals surface area (Å²) in [6.45, 7) is 6.75. The summed E-state index contributed by atoms with van der Waals surface area (Å²) < 4.78 is 7.84. The van der Waals surface area contributed by atoms with Crippen LogP contribution < -0.4 is 17.1 Å². The van der Waals surface area contributed by atoms with Crippen molar-refractivity contribution in [1.29, 1.82) is 0 Å². The molecule has 0 radical (unpaired) electrons. The minimum absolute atomic E-state index is 0.0287. The molecule has 0 aromatic carbocycles. The Morgan fingerprint density at radius 2 is 1.65 bits per heavy atom. The smallest absolute Gasteiger partial charge is 0.337 e. The second-order valence-corrected chi connectivity index (χ2v) is 6.04. The van der Waals surface area contributed by atoms with Crippen molar-refractivity contribution in [3.05, 3.63) is 79.5 Å². The predicted molar refractivity (Wildman–Crippen MR) is 96.3 cm³/mol. The molecule has 10 heteroatoms. The first-order chi connectivity index (χ1) is 12.6. The van der Waals surface area contributed by atoms with E-state index >= 15 is 0 Å². The lowest BCUT2D eigenvalue weighted by Crippen LogP contribution is -2.54. The van der Waals surface area contributed by atoms with Gasteiger partial charge in [0, 0.05) is 10.9 Å². The van der Waals surface area contributed by atoms with E-state index in [1.807, 2.05) is 16.8 Å². The van der Waals surface area contributed by atoms with Gasteiger partial charge in [0.2, 0.25) is 11.7 Å². The quantitative estimate of drug-likeness (QED) is 0.565. The van der Waals surface area contributed by atoms with Gasteiger partial charge in [0.15, 0.2) is 0 Å². The van der Waals surface area contributed by atoms with Gasteiger partial charge < -0.3 is 4.52 Å². The van der Waals surface area contributed by atoms with Crippen LogP contribution in [0.5, 0.6) is 0 Å². The molecule has 0 saturated heterocycles.